The van der Waals surface area contributed by atoms with Crippen LogP contribution < -0.4 is 5.32 Å². The van der Waals surface area contributed by atoms with Crippen molar-refractivity contribution in [3.05, 3.63) is 71.1 Å². The van der Waals surface area contributed by atoms with Gasteiger partial charge in [-0.2, -0.15) is 0 Å². The number of nitrogens with zero attached hydrogens (tertiary/aromatic N) is 1. The number of Topliss-reactive ketones (excluding diaryl/α,β-unsaturated/α-hetero) is 1. The first kappa shape index (κ1) is 18.6. The minimum Gasteiger partial charge on any atom is -0.352 e. The summed E-state index contributed by atoms with van der Waals surface area (Å²) in [5.74, 6) is -0.248. The van der Waals surface area contributed by atoms with Gasteiger partial charge in [0.2, 0.25) is 0 Å². The maximum absolute atomic E-state index is 12.8. The van der Waals surface area contributed by atoms with Gasteiger partial charge in [0.25, 0.3) is 5.91 Å². The smallest absolute Gasteiger partial charge is 0.252 e. The number of pyridine rings is 1. The first-order valence-electron chi connectivity index (χ1n) is 8.35. The Kier molecular flexibility index (Phi) is 5.86. The zero-order chi connectivity index (χ0) is 18.6. The Labute approximate surface area is 149 Å². The van der Waals surface area contributed by atoms with E-state index in [9.17, 15) is 9.59 Å². The van der Waals surface area contributed by atoms with Crippen molar-refractivity contribution in [2.75, 3.05) is 6.54 Å². The molecule has 0 aromatic carbocycles. The van der Waals surface area contributed by atoms with Gasteiger partial charge in [-0.25, -0.2) is 0 Å². The van der Waals surface area contributed by atoms with Crippen LogP contribution in [0.5, 0.6) is 0 Å². The summed E-state index contributed by atoms with van der Waals surface area (Å²) in [6.07, 6.45) is 4.30. The molecule has 4 nitrogen and oxygen atoms in total. The summed E-state index contributed by atoms with van der Waals surface area (Å²) in [6.45, 7) is 14.0. The molecule has 0 aliphatic heterocycles. The van der Waals surface area contributed by atoms with Crippen LogP contribution in [-0.4, -0.2) is 23.2 Å². The molecule has 2 rings (SSSR count). The van der Waals surface area contributed by atoms with Gasteiger partial charge in [-0.15, -0.1) is 0 Å². The molecule has 0 spiro atoms. The van der Waals surface area contributed by atoms with E-state index < -0.39 is 0 Å². The Morgan fingerprint density at radius 3 is 2.60 bits per heavy atom. The van der Waals surface area contributed by atoms with E-state index in [2.05, 4.69) is 23.5 Å². The van der Waals surface area contributed by atoms with Gasteiger partial charge in [0.1, 0.15) is 0 Å². The molecule has 1 aromatic rings. The Hall–Kier alpha value is -2.75. The lowest BCUT2D eigenvalue weighted by molar-refractivity contribution is -0.117. The van der Waals surface area contributed by atoms with Gasteiger partial charge in [0, 0.05) is 42.1 Å². The highest BCUT2D eigenvalue weighted by Crippen LogP contribution is 2.37. The number of hydrogen-bond acceptors (Lipinski definition) is 3. The minimum atomic E-state index is -0.230. The number of amides is 1. The van der Waals surface area contributed by atoms with Crippen molar-refractivity contribution >= 4 is 17.3 Å². The Morgan fingerprint density at radius 1 is 1.36 bits per heavy atom. The average Bonchev–Trinajstić information content (AvgIpc) is 2.53. The zero-order valence-electron chi connectivity index (χ0n) is 15.1. The Balaban J connectivity index is 2.82. The number of nitrogens with one attached hydrogen (secondary N) is 1. The predicted octanol–water partition coefficient (Wildman–Crippen LogP) is 3.78. The van der Waals surface area contributed by atoms with E-state index in [4.69, 9.17) is 0 Å². The second-order valence-corrected chi connectivity index (χ2v) is 6.31. The number of allylic oxidation sites excluding steroid dienone is 4. The lowest BCUT2D eigenvalue weighted by Crippen LogP contribution is -2.27. The number of carbonyl (C=O) groups excluding carboxylic acids is 2. The normalized spacial score (nSPS) is 15.8. The van der Waals surface area contributed by atoms with E-state index in [-0.39, 0.29) is 11.7 Å². The maximum Gasteiger partial charge on any atom is 0.252 e. The fourth-order valence-corrected chi connectivity index (χ4v) is 3.13. The number of aromatic nitrogens is 1. The fraction of sp³-hybridized carbons (Fsp3) is 0.286. The number of hydrogen-bond donors (Lipinski definition) is 1. The topological polar surface area (TPSA) is 59.1 Å². The molecule has 1 aliphatic carbocycles. The molecule has 4 heteroatoms. The van der Waals surface area contributed by atoms with Crippen molar-refractivity contribution in [2.45, 2.75) is 33.6 Å². The largest absolute Gasteiger partial charge is 0.352 e. The molecular formula is C21H24N2O2. The number of rotatable bonds is 5. The lowest BCUT2D eigenvalue weighted by atomic mass is 9.79. The highest BCUT2D eigenvalue weighted by molar-refractivity contribution is 6.19. The molecule has 1 amide bonds. The van der Waals surface area contributed by atoms with E-state index in [0.717, 1.165) is 16.7 Å². The molecule has 1 aromatic heterocycles. The van der Waals surface area contributed by atoms with Crippen LogP contribution in [0, 0.1) is 0 Å². The van der Waals surface area contributed by atoms with Gasteiger partial charge >= 0.3 is 0 Å². The third-order valence-electron chi connectivity index (χ3n) is 4.07. The summed E-state index contributed by atoms with van der Waals surface area (Å²) in [6, 6.07) is 3.66. The van der Waals surface area contributed by atoms with E-state index in [0.29, 0.717) is 41.7 Å². The van der Waals surface area contributed by atoms with Gasteiger partial charge in [-0.1, -0.05) is 30.4 Å². The number of ketones is 1. The highest BCUT2D eigenvalue weighted by Gasteiger charge is 2.28. The molecule has 0 unspecified atom stereocenters. The second kappa shape index (κ2) is 7.88. The maximum atomic E-state index is 12.8. The predicted molar refractivity (Wildman–Crippen MR) is 101 cm³/mol. The van der Waals surface area contributed by atoms with Crippen molar-refractivity contribution in [3.63, 3.8) is 0 Å². The summed E-state index contributed by atoms with van der Waals surface area (Å²) < 4.78 is 0. The molecule has 0 atom stereocenters. The molecule has 0 saturated carbocycles. The molecule has 130 valence electrons. The first-order chi connectivity index (χ1) is 11.9. The fourth-order valence-electron chi connectivity index (χ4n) is 3.13. The molecule has 0 fully saturated rings. The van der Waals surface area contributed by atoms with E-state index in [1.807, 2.05) is 19.9 Å². The molecule has 25 heavy (non-hydrogen) atoms. The quantitative estimate of drug-likeness (QED) is 0.506. The number of carbonyl (C=O) groups is 2. The summed E-state index contributed by atoms with van der Waals surface area (Å²) >= 11 is 0. The van der Waals surface area contributed by atoms with Crippen LogP contribution in [0.3, 0.4) is 0 Å². The molecule has 1 heterocycles. The summed E-state index contributed by atoms with van der Waals surface area (Å²) in [5, 5.41) is 2.83. The first-order valence-corrected chi connectivity index (χ1v) is 8.35. The minimum absolute atomic E-state index is 0.0179. The van der Waals surface area contributed by atoms with Crippen molar-refractivity contribution in [1.29, 1.82) is 0 Å². The van der Waals surface area contributed by atoms with Gasteiger partial charge in [-0.3, -0.25) is 14.6 Å². The van der Waals surface area contributed by atoms with Gasteiger partial charge in [0.05, 0.1) is 5.57 Å². The third kappa shape index (κ3) is 4.02. The molecular weight excluding hydrogens is 312 g/mol. The molecule has 1 N–H and O–H groups in total. The summed E-state index contributed by atoms with van der Waals surface area (Å²) in [7, 11) is 0. The molecule has 0 radical (unpaired) electrons. The van der Waals surface area contributed by atoms with Crippen molar-refractivity contribution in [3.8, 4) is 0 Å². The van der Waals surface area contributed by atoms with Crippen molar-refractivity contribution in [1.82, 2.24) is 10.3 Å². The van der Waals surface area contributed by atoms with E-state index >= 15 is 0 Å². The van der Waals surface area contributed by atoms with Crippen LogP contribution in [-0.2, 0) is 9.59 Å². The molecule has 1 aliphatic rings. The van der Waals surface area contributed by atoms with Crippen LogP contribution >= 0.6 is 0 Å². The van der Waals surface area contributed by atoms with Crippen molar-refractivity contribution < 1.29 is 9.59 Å². The average molecular weight is 336 g/mol. The highest BCUT2D eigenvalue weighted by atomic mass is 16.1. The zero-order valence-corrected chi connectivity index (χ0v) is 15.1. The van der Waals surface area contributed by atoms with Crippen LogP contribution in [0.15, 0.2) is 65.5 Å². The van der Waals surface area contributed by atoms with Gasteiger partial charge in [0.15, 0.2) is 5.78 Å². The monoisotopic (exact) mass is 336 g/mol. The SMILES string of the molecule is C=C1CC(=O)C(/C(=C(\C(=C)C)C(=O)NCC)c2cccnc2)=C(C)C1. The lowest BCUT2D eigenvalue weighted by Gasteiger charge is -2.24. The van der Waals surface area contributed by atoms with E-state index in [1.165, 1.54) is 0 Å². The number of likely N-dealkylation sites (N-methyl/N-ethyl adjacent to an activating group) is 1. The van der Waals surface area contributed by atoms with Crippen LogP contribution in [0.25, 0.3) is 5.57 Å². The second-order valence-electron chi connectivity index (χ2n) is 6.31. The van der Waals surface area contributed by atoms with Crippen LogP contribution in [0.4, 0.5) is 0 Å². The summed E-state index contributed by atoms with van der Waals surface area (Å²) in [5.41, 5.74) is 4.80. The third-order valence-corrected chi connectivity index (χ3v) is 4.07. The van der Waals surface area contributed by atoms with E-state index in [1.54, 1.807) is 25.4 Å². The Morgan fingerprint density at radius 2 is 2.08 bits per heavy atom. The van der Waals surface area contributed by atoms with Gasteiger partial charge < -0.3 is 5.32 Å². The van der Waals surface area contributed by atoms with Gasteiger partial charge in [-0.05, 0) is 38.8 Å². The van der Waals surface area contributed by atoms with Crippen LogP contribution in [0.1, 0.15) is 39.2 Å². The standard InChI is InChI=1S/C21H24N2O2/c1-6-23-21(25)18(13(2)3)20(16-8-7-9-22-12-16)19-15(5)10-14(4)11-17(19)24/h7-9,12H,2,4,6,10-11H2,1,3,5H3,(H,23,25)/b20-18+. The molecule has 0 bridgehead atoms. The molecule has 0 saturated heterocycles. The van der Waals surface area contributed by atoms with Crippen molar-refractivity contribution in [2.24, 2.45) is 0 Å². The van der Waals surface area contributed by atoms with Crippen LogP contribution in [0.2, 0.25) is 0 Å². The summed E-state index contributed by atoms with van der Waals surface area (Å²) in [4.78, 5) is 29.7. The Bertz CT molecular complexity index is 798.